The van der Waals surface area contributed by atoms with Crippen LogP contribution in [-0.2, 0) is 4.79 Å². The lowest BCUT2D eigenvalue weighted by Gasteiger charge is -2.32. The second-order valence-electron chi connectivity index (χ2n) is 8.95. The van der Waals surface area contributed by atoms with Gasteiger partial charge in [-0.15, -0.1) is 0 Å². The quantitative estimate of drug-likeness (QED) is 0.613. The van der Waals surface area contributed by atoms with Crippen LogP contribution in [-0.4, -0.2) is 50.1 Å². The van der Waals surface area contributed by atoms with Gasteiger partial charge in [0.15, 0.2) is 11.5 Å². The summed E-state index contributed by atoms with van der Waals surface area (Å²) in [5.41, 5.74) is 6.71. The highest BCUT2D eigenvalue weighted by Crippen LogP contribution is 2.38. The van der Waals surface area contributed by atoms with Gasteiger partial charge < -0.3 is 14.4 Å². The normalized spacial score (nSPS) is 21.6. The van der Waals surface area contributed by atoms with Crippen molar-refractivity contribution in [2.75, 3.05) is 34.4 Å². The highest BCUT2D eigenvalue weighted by Gasteiger charge is 2.27. The Morgan fingerprint density at radius 1 is 1.09 bits per heavy atom. The van der Waals surface area contributed by atoms with Gasteiger partial charge in [-0.2, -0.15) is 0 Å². The Balaban J connectivity index is 1.73. The van der Waals surface area contributed by atoms with Crippen LogP contribution < -0.4 is 9.47 Å². The summed E-state index contributed by atoms with van der Waals surface area (Å²) in [5.74, 6) is 1.53. The van der Waals surface area contributed by atoms with E-state index in [1.54, 1.807) is 20.3 Å². The molecule has 3 aliphatic rings. The molecule has 33 heavy (non-hydrogen) atoms. The number of hydrogen-bond acceptors (Lipinski definition) is 4. The van der Waals surface area contributed by atoms with Gasteiger partial charge in [-0.1, -0.05) is 32.1 Å². The molecule has 4 rings (SSSR count). The monoisotopic (exact) mass is 446 g/mol. The number of ether oxygens (including phenoxy) is 2. The number of hydrogen-bond donors (Lipinski definition) is 0. The molecule has 1 amide bonds. The minimum Gasteiger partial charge on any atom is -0.493 e. The van der Waals surface area contributed by atoms with E-state index in [4.69, 9.17) is 9.47 Å². The summed E-state index contributed by atoms with van der Waals surface area (Å²) in [4.78, 5) is 17.8. The van der Waals surface area contributed by atoms with Gasteiger partial charge in [0.2, 0.25) is 0 Å². The van der Waals surface area contributed by atoms with Gasteiger partial charge in [-0.3, -0.25) is 9.69 Å². The van der Waals surface area contributed by atoms with Crippen molar-refractivity contribution in [3.63, 3.8) is 0 Å². The Hall–Kier alpha value is -3.05. The Bertz CT molecular complexity index is 1090. The average molecular weight is 447 g/mol. The van der Waals surface area contributed by atoms with Gasteiger partial charge in [-0.05, 0) is 78.3 Å². The van der Waals surface area contributed by atoms with Gasteiger partial charge in [-0.25, -0.2) is 0 Å². The predicted molar refractivity (Wildman–Crippen MR) is 133 cm³/mol. The minimum atomic E-state index is -0.0114. The molecule has 3 aliphatic heterocycles. The predicted octanol–water partition coefficient (Wildman–Crippen LogP) is 5.34. The summed E-state index contributed by atoms with van der Waals surface area (Å²) in [6, 6.07) is 5.86. The zero-order chi connectivity index (χ0) is 23.5. The van der Waals surface area contributed by atoms with Crippen LogP contribution in [0.4, 0.5) is 0 Å². The van der Waals surface area contributed by atoms with E-state index in [2.05, 4.69) is 44.0 Å². The standard InChI is InChI=1S/C28H34N2O3/c1-6-20-15-23(21-11-13-29(3)14-12-21)18-30-25(20)9-7-19(2)24(17-28(30)31)22-8-10-26(32-4)27(16-22)33-5/h8-11,15-19H,6-7,12-14H2,1-5H3. The fourth-order valence-electron chi connectivity index (χ4n) is 4.71. The van der Waals surface area contributed by atoms with Crippen molar-refractivity contribution in [1.29, 1.82) is 0 Å². The molecule has 1 unspecified atom stereocenters. The van der Waals surface area contributed by atoms with Gasteiger partial charge in [0.05, 0.1) is 14.2 Å². The molecular weight excluding hydrogens is 412 g/mol. The molecular formula is C28H34N2O3. The number of fused-ring (bicyclic) bond motifs is 1. The first-order valence-corrected chi connectivity index (χ1v) is 11.7. The maximum Gasteiger partial charge on any atom is 0.255 e. The maximum absolute atomic E-state index is 13.6. The van der Waals surface area contributed by atoms with Gasteiger partial charge >= 0.3 is 0 Å². The first-order valence-electron chi connectivity index (χ1n) is 11.7. The second-order valence-corrected chi connectivity index (χ2v) is 8.95. The fraction of sp³-hybridized carbons (Fsp3) is 0.393. The molecule has 0 aromatic heterocycles. The largest absolute Gasteiger partial charge is 0.493 e. The zero-order valence-electron chi connectivity index (χ0n) is 20.4. The van der Waals surface area contributed by atoms with E-state index in [0.29, 0.717) is 11.5 Å². The van der Waals surface area contributed by atoms with Crippen LogP contribution in [0.1, 0.15) is 38.7 Å². The van der Waals surface area contributed by atoms with Crippen LogP contribution in [0.25, 0.3) is 5.57 Å². The molecule has 5 nitrogen and oxygen atoms in total. The Kier molecular flexibility index (Phi) is 6.89. The lowest BCUT2D eigenvalue weighted by atomic mass is 9.87. The van der Waals surface area contributed by atoms with Gasteiger partial charge in [0, 0.05) is 31.1 Å². The molecule has 0 radical (unpaired) electrons. The molecule has 5 heteroatoms. The number of amides is 1. The summed E-state index contributed by atoms with van der Waals surface area (Å²) in [6.07, 6.45) is 13.4. The van der Waals surface area contributed by atoms with Gasteiger partial charge in [0.1, 0.15) is 0 Å². The molecule has 0 saturated heterocycles. The van der Waals surface area contributed by atoms with Crippen LogP contribution in [0.3, 0.4) is 0 Å². The molecule has 0 aliphatic carbocycles. The smallest absolute Gasteiger partial charge is 0.255 e. The highest BCUT2D eigenvalue weighted by molar-refractivity contribution is 5.98. The Labute approximate surface area is 197 Å². The summed E-state index contributed by atoms with van der Waals surface area (Å²) in [5, 5.41) is 0. The molecule has 1 aromatic rings. The van der Waals surface area contributed by atoms with Gasteiger partial charge in [0.25, 0.3) is 5.91 Å². The third-order valence-corrected chi connectivity index (χ3v) is 6.78. The highest BCUT2D eigenvalue weighted by atomic mass is 16.5. The van der Waals surface area contributed by atoms with Crippen LogP contribution in [0.5, 0.6) is 11.5 Å². The van der Waals surface area contributed by atoms with E-state index in [9.17, 15) is 4.79 Å². The summed E-state index contributed by atoms with van der Waals surface area (Å²) >= 11 is 0. The number of methoxy groups -OCH3 is 2. The first-order chi connectivity index (χ1) is 15.9. The Morgan fingerprint density at radius 2 is 1.88 bits per heavy atom. The van der Waals surface area contributed by atoms with Crippen LogP contribution >= 0.6 is 0 Å². The first kappa shape index (κ1) is 23.1. The number of carbonyl (C=O) groups is 1. The van der Waals surface area contributed by atoms with Crippen molar-refractivity contribution in [2.45, 2.75) is 33.1 Å². The summed E-state index contributed by atoms with van der Waals surface area (Å²) in [6.45, 7) is 6.31. The fourth-order valence-corrected chi connectivity index (χ4v) is 4.71. The minimum absolute atomic E-state index is 0.0114. The van der Waals surface area contributed by atoms with E-state index in [1.807, 2.05) is 29.3 Å². The van der Waals surface area contributed by atoms with E-state index in [-0.39, 0.29) is 11.8 Å². The van der Waals surface area contributed by atoms with Crippen molar-refractivity contribution >= 4 is 11.5 Å². The molecule has 0 fully saturated rings. The van der Waals surface area contributed by atoms with Crippen molar-refractivity contribution in [2.24, 2.45) is 5.92 Å². The van der Waals surface area contributed by atoms with E-state index in [1.165, 1.54) is 11.1 Å². The van der Waals surface area contributed by atoms with E-state index in [0.717, 1.165) is 54.8 Å². The molecule has 0 N–H and O–H groups in total. The number of nitrogens with zero attached hydrogens (tertiary/aromatic N) is 2. The number of carbonyl (C=O) groups excluding carboxylic acids is 1. The van der Waals surface area contributed by atoms with Crippen molar-refractivity contribution in [3.05, 3.63) is 76.7 Å². The Morgan fingerprint density at radius 3 is 2.55 bits per heavy atom. The van der Waals surface area contributed by atoms with Crippen molar-refractivity contribution in [1.82, 2.24) is 9.80 Å². The molecule has 1 aromatic carbocycles. The molecule has 0 saturated carbocycles. The third-order valence-electron chi connectivity index (χ3n) is 6.78. The second kappa shape index (κ2) is 9.84. The average Bonchev–Trinajstić information content (AvgIpc) is 2.84. The molecule has 174 valence electrons. The molecule has 0 spiro atoms. The topological polar surface area (TPSA) is 42.0 Å². The number of rotatable bonds is 5. The summed E-state index contributed by atoms with van der Waals surface area (Å²) in [7, 11) is 5.40. The maximum atomic E-state index is 13.6. The van der Waals surface area contributed by atoms with E-state index < -0.39 is 0 Å². The van der Waals surface area contributed by atoms with Crippen LogP contribution in [0.15, 0.2) is 71.1 Å². The lowest BCUT2D eigenvalue weighted by Crippen LogP contribution is -2.30. The zero-order valence-corrected chi connectivity index (χ0v) is 20.4. The van der Waals surface area contributed by atoms with Crippen LogP contribution in [0, 0.1) is 5.92 Å². The number of likely N-dealkylation sites (N-methyl/N-ethyl adjacent to an activating group) is 1. The van der Waals surface area contributed by atoms with Crippen molar-refractivity contribution < 1.29 is 14.3 Å². The molecule has 3 heterocycles. The molecule has 0 bridgehead atoms. The number of benzene rings is 1. The van der Waals surface area contributed by atoms with Crippen LogP contribution in [0.2, 0.25) is 0 Å². The molecule has 1 atom stereocenters. The van der Waals surface area contributed by atoms with E-state index >= 15 is 0 Å². The lowest BCUT2D eigenvalue weighted by molar-refractivity contribution is -0.122. The third kappa shape index (κ3) is 4.69. The SMILES string of the molecule is CCC1=CC(C2=CCN(C)CC2)=CN2C(=O)C=C(c3ccc(OC)c(OC)c3)C(C)CC=C12. The van der Waals surface area contributed by atoms with Crippen molar-refractivity contribution in [3.8, 4) is 11.5 Å². The summed E-state index contributed by atoms with van der Waals surface area (Å²) < 4.78 is 10.9. The number of allylic oxidation sites excluding steroid dienone is 5.